The Morgan fingerprint density at radius 1 is 1.12 bits per heavy atom. The highest BCUT2D eigenvalue weighted by Crippen LogP contribution is 2.31. The van der Waals surface area contributed by atoms with E-state index in [0.29, 0.717) is 34.7 Å². The Hall–Kier alpha value is -3.72. The summed E-state index contributed by atoms with van der Waals surface area (Å²) < 4.78 is 25.5. The number of benzene rings is 2. The monoisotopic (exact) mass is 467 g/mol. The lowest BCUT2D eigenvalue weighted by atomic mass is 10.1. The smallest absolute Gasteiger partial charge is 0.271 e. The number of thiophene rings is 1. The van der Waals surface area contributed by atoms with Crippen LogP contribution in [0.5, 0.6) is 11.5 Å². The lowest BCUT2D eigenvalue weighted by Gasteiger charge is -2.10. The van der Waals surface area contributed by atoms with Gasteiger partial charge in [0, 0.05) is 17.5 Å². The fourth-order valence-electron chi connectivity index (χ4n) is 3.48. The molecule has 0 aliphatic rings. The summed E-state index contributed by atoms with van der Waals surface area (Å²) in [6, 6.07) is 11.6. The van der Waals surface area contributed by atoms with Crippen molar-refractivity contribution in [1.29, 1.82) is 0 Å². The second kappa shape index (κ2) is 9.83. The van der Waals surface area contributed by atoms with Gasteiger partial charge < -0.3 is 14.8 Å². The first-order valence-electron chi connectivity index (χ1n) is 10.2. The third-order valence-electron chi connectivity index (χ3n) is 5.20. The highest BCUT2D eigenvalue weighted by Gasteiger charge is 2.14. The fourth-order valence-corrected chi connectivity index (χ4v) is 4.46. The largest absolute Gasteiger partial charge is 0.493 e. The van der Waals surface area contributed by atoms with Crippen molar-refractivity contribution in [3.8, 4) is 22.6 Å². The van der Waals surface area contributed by atoms with Crippen LogP contribution in [-0.2, 0) is 17.8 Å². The number of ether oxygens (including phenoxy) is 2. The number of rotatable bonds is 8. The highest BCUT2D eigenvalue weighted by atomic mass is 32.1. The molecule has 1 N–H and O–H groups in total. The highest BCUT2D eigenvalue weighted by molar-refractivity contribution is 7.17. The molecule has 4 aromatic rings. The predicted octanol–water partition coefficient (Wildman–Crippen LogP) is 3.64. The number of carbonyl (C=O) groups is 1. The van der Waals surface area contributed by atoms with Gasteiger partial charge in [0.25, 0.3) is 5.56 Å². The van der Waals surface area contributed by atoms with Gasteiger partial charge in [-0.25, -0.2) is 9.37 Å². The first kappa shape index (κ1) is 22.5. The molecule has 9 heteroatoms. The molecule has 0 saturated heterocycles. The Morgan fingerprint density at radius 2 is 1.88 bits per heavy atom. The van der Waals surface area contributed by atoms with Gasteiger partial charge >= 0.3 is 0 Å². The zero-order valence-corrected chi connectivity index (χ0v) is 18.9. The molecule has 7 nitrogen and oxygen atoms in total. The number of methoxy groups -OCH3 is 2. The molecule has 0 fully saturated rings. The number of carbonyl (C=O) groups excluding carboxylic acids is 1. The van der Waals surface area contributed by atoms with Crippen LogP contribution in [0.25, 0.3) is 21.3 Å². The Labute approximate surface area is 193 Å². The van der Waals surface area contributed by atoms with Crippen molar-refractivity contribution in [2.24, 2.45) is 0 Å². The summed E-state index contributed by atoms with van der Waals surface area (Å²) in [6.45, 7) is 0.282. The zero-order valence-electron chi connectivity index (χ0n) is 18.1. The van der Waals surface area contributed by atoms with Crippen LogP contribution in [-0.4, -0.2) is 36.2 Å². The molecule has 1 amide bonds. The average molecular weight is 468 g/mol. The van der Waals surface area contributed by atoms with Crippen molar-refractivity contribution < 1.29 is 18.7 Å². The molecule has 33 heavy (non-hydrogen) atoms. The van der Waals surface area contributed by atoms with Gasteiger partial charge in [-0.2, -0.15) is 0 Å². The number of nitrogens with one attached hydrogen (secondary N) is 1. The van der Waals surface area contributed by atoms with Gasteiger partial charge in [-0.05, 0) is 41.8 Å². The van der Waals surface area contributed by atoms with E-state index in [2.05, 4.69) is 10.3 Å². The van der Waals surface area contributed by atoms with Gasteiger partial charge in [-0.1, -0.05) is 18.2 Å². The topological polar surface area (TPSA) is 82.5 Å². The number of amides is 1. The van der Waals surface area contributed by atoms with Crippen LogP contribution in [0.4, 0.5) is 4.39 Å². The maximum atomic E-state index is 13.2. The third-order valence-corrected chi connectivity index (χ3v) is 6.16. The van der Waals surface area contributed by atoms with E-state index < -0.39 is 0 Å². The van der Waals surface area contributed by atoms with Gasteiger partial charge in [0.1, 0.15) is 17.1 Å². The van der Waals surface area contributed by atoms with Gasteiger partial charge in [0.05, 0.1) is 26.1 Å². The Kier molecular flexibility index (Phi) is 6.69. The van der Waals surface area contributed by atoms with Crippen LogP contribution in [0.1, 0.15) is 5.56 Å². The molecular formula is C24H22FN3O4S. The number of hydrogen-bond acceptors (Lipinski definition) is 6. The molecule has 170 valence electrons. The van der Waals surface area contributed by atoms with Crippen molar-refractivity contribution in [3.05, 3.63) is 75.9 Å². The first-order valence-corrected chi connectivity index (χ1v) is 11.1. The van der Waals surface area contributed by atoms with E-state index >= 15 is 0 Å². The molecular weight excluding hydrogens is 445 g/mol. The van der Waals surface area contributed by atoms with Crippen LogP contribution in [0.2, 0.25) is 0 Å². The number of nitrogens with zero attached hydrogens (tertiary/aromatic N) is 2. The summed E-state index contributed by atoms with van der Waals surface area (Å²) >= 11 is 1.26. The summed E-state index contributed by atoms with van der Waals surface area (Å²) in [5.41, 5.74) is 2.79. The van der Waals surface area contributed by atoms with E-state index in [0.717, 1.165) is 16.7 Å². The number of aromatic nitrogens is 2. The predicted molar refractivity (Wildman–Crippen MR) is 126 cm³/mol. The quantitative estimate of drug-likeness (QED) is 0.428. The molecule has 0 atom stereocenters. The Morgan fingerprint density at radius 3 is 2.61 bits per heavy atom. The lowest BCUT2D eigenvalue weighted by molar-refractivity contribution is -0.121. The molecule has 2 heterocycles. The minimum Gasteiger partial charge on any atom is -0.493 e. The number of halogens is 1. The van der Waals surface area contributed by atoms with E-state index in [4.69, 9.17) is 9.47 Å². The molecule has 2 aromatic heterocycles. The van der Waals surface area contributed by atoms with Gasteiger partial charge in [-0.15, -0.1) is 11.3 Å². The van der Waals surface area contributed by atoms with Crippen LogP contribution in [0.15, 0.2) is 59.0 Å². The molecule has 0 aliphatic carbocycles. The van der Waals surface area contributed by atoms with E-state index in [1.165, 1.54) is 34.4 Å². The summed E-state index contributed by atoms with van der Waals surface area (Å²) in [5.74, 6) is 0.659. The normalized spacial score (nSPS) is 10.9. The summed E-state index contributed by atoms with van der Waals surface area (Å²) in [4.78, 5) is 29.6. The van der Waals surface area contributed by atoms with Gasteiger partial charge in [0.2, 0.25) is 5.91 Å². The summed E-state index contributed by atoms with van der Waals surface area (Å²) in [7, 11) is 3.15. The van der Waals surface area contributed by atoms with E-state index in [-0.39, 0.29) is 23.8 Å². The first-order chi connectivity index (χ1) is 16.0. The van der Waals surface area contributed by atoms with E-state index in [1.54, 1.807) is 26.4 Å². The Balaban J connectivity index is 1.41. The minimum atomic E-state index is -0.328. The van der Waals surface area contributed by atoms with Crippen molar-refractivity contribution >= 4 is 27.5 Å². The van der Waals surface area contributed by atoms with Crippen LogP contribution in [0.3, 0.4) is 0 Å². The fraction of sp³-hybridized carbons (Fsp3) is 0.208. The Bertz CT molecular complexity index is 1350. The molecule has 4 rings (SSSR count). The SMILES string of the molecule is COc1ccc(CCNC(=O)Cn2cnc3c(-c4ccc(F)cc4)csc3c2=O)cc1OC. The molecule has 0 radical (unpaired) electrons. The summed E-state index contributed by atoms with van der Waals surface area (Å²) in [6.07, 6.45) is 1.97. The molecule has 0 bridgehead atoms. The molecule has 2 aromatic carbocycles. The standard InChI is InChI=1S/C24H22FN3O4S/c1-31-19-8-3-15(11-20(19)32-2)9-10-26-21(29)12-28-14-27-22-18(13-33-23(22)24(28)30)16-4-6-17(25)7-5-16/h3-8,11,13-14H,9-10,12H2,1-2H3,(H,26,29). The molecule has 0 unspecified atom stereocenters. The lowest BCUT2D eigenvalue weighted by Crippen LogP contribution is -2.33. The second-order valence-electron chi connectivity index (χ2n) is 7.30. The molecule has 0 spiro atoms. The van der Waals surface area contributed by atoms with E-state index in [1.807, 2.05) is 23.6 Å². The maximum absolute atomic E-state index is 13.2. The maximum Gasteiger partial charge on any atom is 0.271 e. The van der Waals surface area contributed by atoms with E-state index in [9.17, 15) is 14.0 Å². The van der Waals surface area contributed by atoms with Crippen molar-refractivity contribution in [3.63, 3.8) is 0 Å². The summed E-state index contributed by atoms with van der Waals surface area (Å²) in [5, 5.41) is 4.65. The number of fused-ring (bicyclic) bond motifs is 1. The van der Waals surface area contributed by atoms with Crippen molar-refractivity contribution in [1.82, 2.24) is 14.9 Å². The second-order valence-corrected chi connectivity index (χ2v) is 8.18. The zero-order chi connectivity index (χ0) is 23.4. The minimum absolute atomic E-state index is 0.127. The van der Waals surface area contributed by atoms with Crippen LogP contribution >= 0.6 is 11.3 Å². The number of hydrogen-bond donors (Lipinski definition) is 1. The molecule has 0 saturated carbocycles. The van der Waals surface area contributed by atoms with Gasteiger partial charge in [0.15, 0.2) is 11.5 Å². The van der Waals surface area contributed by atoms with Crippen LogP contribution < -0.4 is 20.3 Å². The molecule has 0 aliphatic heterocycles. The van der Waals surface area contributed by atoms with Gasteiger partial charge in [-0.3, -0.25) is 14.2 Å². The third kappa shape index (κ3) is 4.88. The van der Waals surface area contributed by atoms with Crippen molar-refractivity contribution in [2.75, 3.05) is 20.8 Å². The van der Waals surface area contributed by atoms with Crippen LogP contribution in [0, 0.1) is 5.82 Å². The average Bonchev–Trinajstić information content (AvgIpc) is 3.26. The van der Waals surface area contributed by atoms with Crippen molar-refractivity contribution in [2.45, 2.75) is 13.0 Å².